The lowest BCUT2D eigenvalue weighted by molar-refractivity contribution is -0.138. The smallest absolute Gasteiger partial charge is 0.349 e. The molecule has 110 valence electrons. The Balaban J connectivity index is 2.19. The van der Waals surface area contributed by atoms with Gasteiger partial charge < -0.3 is 5.32 Å². The van der Waals surface area contributed by atoms with Gasteiger partial charge in [0.1, 0.15) is 0 Å². The van der Waals surface area contributed by atoms with Crippen molar-refractivity contribution < 1.29 is 26.7 Å². The van der Waals surface area contributed by atoms with E-state index >= 15 is 0 Å². The average molecular weight is 358 g/mol. The van der Waals surface area contributed by atoms with Crippen molar-refractivity contribution in [2.24, 2.45) is 0 Å². The van der Waals surface area contributed by atoms with Gasteiger partial charge in [-0.2, -0.15) is 13.2 Å². The van der Waals surface area contributed by atoms with Crippen LogP contribution in [0.2, 0.25) is 0 Å². The van der Waals surface area contributed by atoms with E-state index in [9.17, 15) is 26.7 Å². The van der Waals surface area contributed by atoms with Gasteiger partial charge in [-0.05, 0) is 18.2 Å². The van der Waals surface area contributed by atoms with E-state index in [0.29, 0.717) is 4.47 Å². The van der Waals surface area contributed by atoms with Crippen molar-refractivity contribution in [2.75, 3.05) is 0 Å². The topological polar surface area (TPSA) is 29.1 Å². The number of hydrogen-bond acceptors (Lipinski definition) is 1. The minimum atomic E-state index is -4.68. The number of rotatable bonds is 2. The largest absolute Gasteiger partial charge is 0.417 e. The van der Waals surface area contributed by atoms with Crippen LogP contribution < -0.4 is 5.32 Å². The number of benzene rings is 1. The molecule has 1 amide bonds. The summed E-state index contributed by atoms with van der Waals surface area (Å²) in [6.45, 7) is 0. The highest BCUT2D eigenvalue weighted by Gasteiger charge is 2.46. The highest BCUT2D eigenvalue weighted by molar-refractivity contribution is 9.10. The van der Waals surface area contributed by atoms with Gasteiger partial charge in [-0.15, -0.1) is 0 Å². The van der Waals surface area contributed by atoms with Crippen LogP contribution in [0.25, 0.3) is 0 Å². The average Bonchev–Trinajstić information content (AvgIpc) is 2.24. The minimum Gasteiger partial charge on any atom is -0.349 e. The highest BCUT2D eigenvalue weighted by Crippen LogP contribution is 2.38. The molecule has 1 saturated carbocycles. The third kappa shape index (κ3) is 3.28. The first-order valence-electron chi connectivity index (χ1n) is 5.64. The van der Waals surface area contributed by atoms with Gasteiger partial charge in [-0.1, -0.05) is 15.9 Å². The van der Waals surface area contributed by atoms with E-state index in [4.69, 9.17) is 0 Å². The highest BCUT2D eigenvalue weighted by atomic mass is 79.9. The summed E-state index contributed by atoms with van der Waals surface area (Å²) in [6.07, 6.45) is -5.78. The van der Waals surface area contributed by atoms with E-state index in [1.165, 1.54) is 0 Å². The Hall–Kier alpha value is -1.18. The van der Waals surface area contributed by atoms with Gasteiger partial charge in [-0.25, -0.2) is 8.78 Å². The zero-order valence-electron chi connectivity index (χ0n) is 9.90. The van der Waals surface area contributed by atoms with Crippen LogP contribution >= 0.6 is 15.9 Å². The number of nitrogens with one attached hydrogen (secondary N) is 1. The zero-order chi connectivity index (χ0) is 15.1. The minimum absolute atomic E-state index is 0.301. The lowest BCUT2D eigenvalue weighted by atomic mass is 9.88. The van der Waals surface area contributed by atoms with Crippen molar-refractivity contribution in [3.05, 3.63) is 33.8 Å². The fraction of sp³-hybridized carbons (Fsp3) is 0.417. The van der Waals surface area contributed by atoms with Crippen molar-refractivity contribution in [1.29, 1.82) is 0 Å². The molecule has 1 aliphatic carbocycles. The molecule has 0 saturated heterocycles. The van der Waals surface area contributed by atoms with E-state index in [1.54, 1.807) is 0 Å². The molecular weight excluding hydrogens is 349 g/mol. The van der Waals surface area contributed by atoms with E-state index < -0.39 is 48.0 Å². The summed E-state index contributed by atoms with van der Waals surface area (Å²) in [4.78, 5) is 11.8. The van der Waals surface area contributed by atoms with Crippen LogP contribution in [-0.2, 0) is 6.18 Å². The maximum absolute atomic E-state index is 12.8. The molecule has 1 aliphatic rings. The van der Waals surface area contributed by atoms with Gasteiger partial charge >= 0.3 is 6.18 Å². The molecule has 1 aromatic rings. The second-order valence-corrected chi connectivity index (χ2v) is 5.54. The number of carbonyl (C=O) groups excluding carboxylic acids is 1. The predicted octanol–water partition coefficient (Wildman–Crippen LogP) is 4.00. The van der Waals surface area contributed by atoms with Crippen LogP contribution in [0.1, 0.15) is 28.8 Å². The van der Waals surface area contributed by atoms with Crippen molar-refractivity contribution in [3.8, 4) is 0 Å². The molecular formula is C12H9BrF5NO. The van der Waals surface area contributed by atoms with Gasteiger partial charge in [0.15, 0.2) is 0 Å². The molecule has 1 aromatic carbocycles. The second-order valence-electron chi connectivity index (χ2n) is 4.62. The van der Waals surface area contributed by atoms with Crippen molar-refractivity contribution in [2.45, 2.75) is 31.0 Å². The molecule has 0 spiro atoms. The first-order chi connectivity index (χ1) is 9.08. The number of alkyl halides is 5. The third-order valence-corrected chi connectivity index (χ3v) is 3.45. The Labute approximate surface area is 119 Å². The van der Waals surface area contributed by atoms with Crippen LogP contribution in [0.5, 0.6) is 0 Å². The molecule has 8 heteroatoms. The number of amides is 1. The standard InChI is InChI=1S/C12H9BrF5NO/c13-6-1-2-9(12(16,17)18)8(3-6)10(20)19-7-4-11(14,15)5-7/h1-3,7H,4-5H2,(H,19,20). The Morgan fingerprint density at radius 1 is 1.30 bits per heavy atom. The monoisotopic (exact) mass is 357 g/mol. The summed E-state index contributed by atoms with van der Waals surface area (Å²) in [5, 5.41) is 2.19. The van der Waals surface area contributed by atoms with Crippen molar-refractivity contribution in [3.63, 3.8) is 0 Å². The molecule has 0 bridgehead atoms. The summed E-state index contributed by atoms with van der Waals surface area (Å²) in [5.41, 5.74) is -1.67. The van der Waals surface area contributed by atoms with Crippen molar-refractivity contribution in [1.82, 2.24) is 5.32 Å². The molecule has 0 unspecified atom stereocenters. The van der Waals surface area contributed by atoms with Crippen LogP contribution in [0.15, 0.2) is 22.7 Å². The predicted molar refractivity (Wildman–Crippen MR) is 64.6 cm³/mol. The number of hydrogen-bond donors (Lipinski definition) is 1. The van der Waals surface area contributed by atoms with Crippen LogP contribution in [0.4, 0.5) is 22.0 Å². The van der Waals surface area contributed by atoms with Crippen LogP contribution in [0, 0.1) is 0 Å². The summed E-state index contributed by atoms with van der Waals surface area (Å²) >= 11 is 2.98. The summed E-state index contributed by atoms with van der Waals surface area (Å²) in [6, 6.07) is 2.16. The summed E-state index contributed by atoms with van der Waals surface area (Å²) in [5.74, 6) is -3.85. The van der Waals surface area contributed by atoms with Crippen LogP contribution in [-0.4, -0.2) is 17.9 Å². The molecule has 2 nitrogen and oxygen atoms in total. The van der Waals surface area contributed by atoms with E-state index in [1.807, 2.05) is 0 Å². The molecule has 0 aromatic heterocycles. The summed E-state index contributed by atoms with van der Waals surface area (Å²) in [7, 11) is 0. The SMILES string of the molecule is O=C(NC1CC(F)(F)C1)c1cc(Br)ccc1C(F)(F)F. The molecule has 0 heterocycles. The maximum atomic E-state index is 12.8. The van der Waals surface area contributed by atoms with Gasteiger partial charge in [0.25, 0.3) is 11.8 Å². The van der Waals surface area contributed by atoms with E-state index in [2.05, 4.69) is 21.2 Å². The first-order valence-corrected chi connectivity index (χ1v) is 6.43. The maximum Gasteiger partial charge on any atom is 0.417 e. The molecule has 1 N–H and O–H groups in total. The van der Waals surface area contributed by atoms with Gasteiger partial charge in [0.05, 0.1) is 11.1 Å². The van der Waals surface area contributed by atoms with Gasteiger partial charge in [0.2, 0.25) is 0 Å². The van der Waals surface area contributed by atoms with Gasteiger partial charge in [-0.3, -0.25) is 4.79 Å². The van der Waals surface area contributed by atoms with Crippen molar-refractivity contribution >= 4 is 21.8 Å². The molecule has 2 rings (SSSR count). The quantitative estimate of drug-likeness (QED) is 0.796. The Bertz CT molecular complexity index is 535. The molecule has 20 heavy (non-hydrogen) atoms. The molecule has 0 radical (unpaired) electrons. The van der Waals surface area contributed by atoms with E-state index in [0.717, 1.165) is 18.2 Å². The molecule has 1 fully saturated rings. The Kier molecular flexibility index (Phi) is 3.79. The zero-order valence-corrected chi connectivity index (χ0v) is 11.5. The van der Waals surface area contributed by atoms with Gasteiger partial charge in [0, 0.05) is 23.4 Å². The Morgan fingerprint density at radius 2 is 1.90 bits per heavy atom. The number of carbonyl (C=O) groups is 1. The lowest BCUT2D eigenvalue weighted by Crippen LogP contribution is -2.50. The third-order valence-electron chi connectivity index (χ3n) is 2.96. The fourth-order valence-electron chi connectivity index (χ4n) is 1.98. The second kappa shape index (κ2) is 4.98. The summed E-state index contributed by atoms with van der Waals surface area (Å²) < 4.78 is 63.9. The number of halogens is 6. The lowest BCUT2D eigenvalue weighted by Gasteiger charge is -2.35. The first kappa shape index (κ1) is 15.2. The fourth-order valence-corrected chi connectivity index (χ4v) is 2.34. The normalized spacial score (nSPS) is 18.5. The molecule has 0 aliphatic heterocycles. The Morgan fingerprint density at radius 3 is 2.40 bits per heavy atom. The molecule has 0 atom stereocenters. The van der Waals surface area contributed by atoms with E-state index in [-0.39, 0.29) is 0 Å². The van der Waals surface area contributed by atoms with Crippen LogP contribution in [0.3, 0.4) is 0 Å².